The summed E-state index contributed by atoms with van der Waals surface area (Å²) in [5.74, 6) is 0.560. The Morgan fingerprint density at radius 3 is 1.67 bits per heavy atom. The molecule has 128 valence electrons. The second kappa shape index (κ2) is 8.15. The van der Waals surface area contributed by atoms with Crippen molar-refractivity contribution in [1.82, 2.24) is 0 Å². The van der Waals surface area contributed by atoms with E-state index in [0.29, 0.717) is 5.92 Å². The predicted octanol–water partition coefficient (Wildman–Crippen LogP) is 8.40. The molecule has 0 spiro atoms. The molecule has 0 aliphatic carbocycles. The Bertz CT molecular complexity index is 884. The van der Waals surface area contributed by atoms with Crippen LogP contribution in [0.25, 0.3) is 32.3 Å². The fraction of sp³-hybridized carbons (Fsp3) is 0.333. The molecule has 0 amide bonds. The van der Waals surface area contributed by atoms with Crippen molar-refractivity contribution in [3.05, 3.63) is 60.2 Å². The Morgan fingerprint density at radius 2 is 1.12 bits per heavy atom. The van der Waals surface area contributed by atoms with E-state index in [-0.39, 0.29) is 14.9 Å². The smallest absolute Gasteiger partial charge is 0.00239 e. The van der Waals surface area contributed by atoms with Gasteiger partial charge in [-0.15, -0.1) is 0 Å². The fourth-order valence-corrected chi connectivity index (χ4v) is 3.26. The van der Waals surface area contributed by atoms with Crippen LogP contribution in [0.2, 0.25) is 0 Å². The van der Waals surface area contributed by atoms with Gasteiger partial charge >= 0.3 is 0 Å². The molecule has 0 unspecified atom stereocenters. The van der Waals surface area contributed by atoms with Crippen LogP contribution in [-0.2, 0) is 0 Å². The number of hydrogen-bond donors (Lipinski definition) is 0. The second-order valence-electron chi connectivity index (χ2n) is 6.37. The summed E-state index contributed by atoms with van der Waals surface area (Å²) >= 11 is 0. The average molecular weight is 321 g/mol. The van der Waals surface area contributed by atoms with Crippen molar-refractivity contribution < 1.29 is 0 Å². The van der Waals surface area contributed by atoms with E-state index in [2.05, 4.69) is 82.3 Å². The van der Waals surface area contributed by atoms with E-state index in [1.54, 1.807) is 0 Å². The van der Waals surface area contributed by atoms with Gasteiger partial charge < -0.3 is 0 Å². The molecule has 0 atom stereocenters. The van der Waals surface area contributed by atoms with Crippen LogP contribution in [0.15, 0.2) is 54.6 Å². The van der Waals surface area contributed by atoms with E-state index in [1.807, 2.05) is 0 Å². The van der Waals surface area contributed by atoms with E-state index >= 15 is 0 Å². The monoisotopic (exact) mass is 320 g/mol. The third-order valence-electron chi connectivity index (χ3n) is 4.18. The van der Waals surface area contributed by atoms with Crippen LogP contribution < -0.4 is 0 Å². The van der Waals surface area contributed by atoms with E-state index in [1.165, 1.54) is 44.3 Å². The minimum atomic E-state index is 0. The van der Waals surface area contributed by atoms with Gasteiger partial charge in [0.15, 0.2) is 0 Å². The van der Waals surface area contributed by atoms with Crippen molar-refractivity contribution in [3.8, 4) is 0 Å². The topological polar surface area (TPSA) is 0 Å². The van der Waals surface area contributed by atoms with Crippen LogP contribution >= 0.6 is 0 Å². The van der Waals surface area contributed by atoms with Crippen LogP contribution in [0, 0.1) is 0 Å². The molecule has 0 heterocycles. The SMILES string of the molecule is C.C.CC(C)c1ccc2ccc3cccc4ccc1c2c34.CCC. The Kier molecular flexibility index (Phi) is 6.78. The van der Waals surface area contributed by atoms with E-state index in [9.17, 15) is 0 Å². The summed E-state index contributed by atoms with van der Waals surface area (Å²) in [6, 6.07) is 20.1. The quantitative estimate of drug-likeness (QED) is 0.309. The first-order valence-corrected chi connectivity index (χ1v) is 8.33. The summed E-state index contributed by atoms with van der Waals surface area (Å²) in [5, 5.41) is 8.30. The third-order valence-corrected chi connectivity index (χ3v) is 4.18. The molecule has 0 aromatic heterocycles. The molecule has 0 aliphatic rings. The summed E-state index contributed by atoms with van der Waals surface area (Å²) in [6.07, 6.45) is 1.25. The van der Waals surface area contributed by atoms with Gasteiger partial charge in [-0.05, 0) is 43.8 Å². The molecule has 0 nitrogen and oxygen atoms in total. The Labute approximate surface area is 147 Å². The zero-order valence-corrected chi connectivity index (χ0v) is 14.0. The Morgan fingerprint density at radius 1 is 0.667 bits per heavy atom. The van der Waals surface area contributed by atoms with Gasteiger partial charge in [0.25, 0.3) is 0 Å². The molecule has 0 bridgehead atoms. The molecule has 24 heavy (non-hydrogen) atoms. The minimum Gasteiger partial charge on any atom is -0.0776 e. The zero-order valence-electron chi connectivity index (χ0n) is 14.0. The summed E-state index contributed by atoms with van der Waals surface area (Å²) in [7, 11) is 0. The number of rotatable bonds is 1. The highest BCUT2D eigenvalue weighted by molar-refractivity contribution is 6.23. The summed E-state index contributed by atoms with van der Waals surface area (Å²) < 4.78 is 0. The average Bonchev–Trinajstić information content (AvgIpc) is 2.53. The van der Waals surface area contributed by atoms with Crippen molar-refractivity contribution in [3.63, 3.8) is 0 Å². The van der Waals surface area contributed by atoms with E-state index < -0.39 is 0 Å². The van der Waals surface area contributed by atoms with Crippen LogP contribution in [0.4, 0.5) is 0 Å². The van der Waals surface area contributed by atoms with Crippen molar-refractivity contribution in [1.29, 1.82) is 0 Å². The maximum Gasteiger partial charge on any atom is -0.00239 e. The lowest BCUT2D eigenvalue weighted by atomic mass is 9.89. The Balaban J connectivity index is 0.000000539. The van der Waals surface area contributed by atoms with Crippen LogP contribution in [0.3, 0.4) is 0 Å². The molecule has 4 aromatic carbocycles. The standard InChI is InChI=1S/C19H16.C3H8.2CH4/c1-12(2)16-10-8-15-7-6-13-4-3-5-14-9-11-17(16)19(15)18(13)14;1-3-2;;/h3-12H,1-2H3;3H2,1-2H3;2*1H4. The zero-order chi connectivity index (χ0) is 15.7. The lowest BCUT2D eigenvalue weighted by molar-refractivity contribution is 0.877. The Hall–Kier alpha value is -2.08. The molecule has 4 aromatic rings. The van der Waals surface area contributed by atoms with E-state index in [4.69, 9.17) is 0 Å². The van der Waals surface area contributed by atoms with Crippen molar-refractivity contribution in [2.75, 3.05) is 0 Å². The van der Waals surface area contributed by atoms with Crippen molar-refractivity contribution in [2.24, 2.45) is 0 Å². The van der Waals surface area contributed by atoms with Gasteiger partial charge in [-0.1, -0.05) is 104 Å². The minimum absolute atomic E-state index is 0. The lowest BCUT2D eigenvalue weighted by Gasteiger charge is -2.15. The predicted molar refractivity (Wildman–Crippen MR) is 114 cm³/mol. The van der Waals surface area contributed by atoms with Gasteiger partial charge in [-0.2, -0.15) is 0 Å². The summed E-state index contributed by atoms with van der Waals surface area (Å²) in [5.41, 5.74) is 1.45. The summed E-state index contributed by atoms with van der Waals surface area (Å²) in [6.45, 7) is 8.79. The van der Waals surface area contributed by atoms with Gasteiger partial charge in [-0.25, -0.2) is 0 Å². The first-order valence-electron chi connectivity index (χ1n) is 8.33. The summed E-state index contributed by atoms with van der Waals surface area (Å²) in [4.78, 5) is 0. The van der Waals surface area contributed by atoms with Gasteiger partial charge in [0.1, 0.15) is 0 Å². The molecular weight excluding hydrogens is 288 g/mol. The van der Waals surface area contributed by atoms with E-state index in [0.717, 1.165) is 0 Å². The first kappa shape index (κ1) is 20.0. The molecule has 0 fully saturated rings. The van der Waals surface area contributed by atoms with Gasteiger partial charge in [-0.3, -0.25) is 0 Å². The molecule has 0 radical (unpaired) electrons. The third kappa shape index (κ3) is 3.24. The molecule has 0 saturated carbocycles. The lowest BCUT2D eigenvalue weighted by Crippen LogP contribution is -1.91. The maximum absolute atomic E-state index is 2.29. The van der Waals surface area contributed by atoms with Gasteiger partial charge in [0.05, 0.1) is 0 Å². The number of benzene rings is 4. The largest absolute Gasteiger partial charge is 0.0776 e. The first-order chi connectivity index (χ1) is 10.7. The molecule has 4 rings (SSSR count). The van der Waals surface area contributed by atoms with Gasteiger partial charge in [0.2, 0.25) is 0 Å². The maximum atomic E-state index is 2.29. The van der Waals surface area contributed by atoms with Crippen LogP contribution in [0.5, 0.6) is 0 Å². The molecule has 0 saturated heterocycles. The second-order valence-corrected chi connectivity index (χ2v) is 6.37. The highest BCUT2D eigenvalue weighted by Crippen LogP contribution is 2.37. The van der Waals surface area contributed by atoms with Crippen molar-refractivity contribution in [2.45, 2.75) is 54.9 Å². The van der Waals surface area contributed by atoms with Crippen LogP contribution in [0.1, 0.15) is 60.5 Å². The number of hydrogen-bond acceptors (Lipinski definition) is 0. The molecular formula is C24H32. The highest BCUT2D eigenvalue weighted by atomic mass is 14.1. The van der Waals surface area contributed by atoms with Crippen LogP contribution in [-0.4, -0.2) is 0 Å². The van der Waals surface area contributed by atoms with Crippen molar-refractivity contribution >= 4 is 32.3 Å². The highest BCUT2D eigenvalue weighted by Gasteiger charge is 2.11. The molecule has 0 N–H and O–H groups in total. The normalized spacial score (nSPS) is 10.4. The fourth-order valence-electron chi connectivity index (χ4n) is 3.26. The van der Waals surface area contributed by atoms with Gasteiger partial charge in [0, 0.05) is 0 Å². The molecule has 0 aliphatic heterocycles. The molecule has 0 heteroatoms.